The smallest absolute Gasteiger partial charge is 0.268 e. The number of carbonyl (C=O) groups is 1. The lowest BCUT2D eigenvalue weighted by molar-refractivity contribution is -0.138. The molecule has 0 aliphatic carbocycles. The minimum atomic E-state index is -0.626. The molecule has 1 amide bonds. The maximum Gasteiger partial charge on any atom is 0.268 e. The summed E-state index contributed by atoms with van der Waals surface area (Å²) in [4.78, 5) is 15.0. The highest BCUT2D eigenvalue weighted by Gasteiger charge is 2.28. The largest absolute Gasteiger partial charge is 0.476 e. The highest BCUT2D eigenvalue weighted by atomic mass is 79.9. The van der Waals surface area contributed by atoms with Crippen molar-refractivity contribution in [2.75, 3.05) is 26.2 Å². The summed E-state index contributed by atoms with van der Waals surface area (Å²) in [5.41, 5.74) is 0.875. The average Bonchev–Trinajstić information content (AvgIpc) is 2.89. The Hall–Kier alpha value is -1.56. The van der Waals surface area contributed by atoms with Gasteiger partial charge in [0.1, 0.15) is 5.75 Å². The van der Waals surface area contributed by atoms with Gasteiger partial charge in [-0.3, -0.25) is 4.79 Å². The van der Waals surface area contributed by atoms with E-state index in [2.05, 4.69) is 21.2 Å². The van der Waals surface area contributed by atoms with Gasteiger partial charge in [0.2, 0.25) is 6.10 Å². The van der Waals surface area contributed by atoms with Crippen LogP contribution in [0.1, 0.15) is 18.1 Å². The molecule has 6 heteroatoms. The molecule has 0 bridgehead atoms. The van der Waals surface area contributed by atoms with Crippen LogP contribution >= 0.6 is 28.3 Å². The predicted octanol–water partition coefficient (Wildman–Crippen LogP) is 3.81. The molecule has 2 aromatic rings. The zero-order valence-electron chi connectivity index (χ0n) is 13.9. The molecule has 0 radical (unpaired) electrons. The summed E-state index contributed by atoms with van der Waals surface area (Å²) in [6.45, 7) is 3.25. The number of hydrogen-bond acceptors (Lipinski definition) is 3. The van der Waals surface area contributed by atoms with Gasteiger partial charge in [0.05, 0.1) is 0 Å². The first-order chi connectivity index (χ1) is 11.7. The van der Waals surface area contributed by atoms with Gasteiger partial charge in [0.15, 0.2) is 0 Å². The predicted molar refractivity (Wildman–Crippen MR) is 105 cm³/mol. The Labute approximate surface area is 163 Å². The topological polar surface area (TPSA) is 41.6 Å². The molecule has 1 N–H and O–H groups in total. The molecule has 1 atom stereocenters. The molecule has 1 saturated heterocycles. The Balaban J connectivity index is 0.00000225. The molecule has 0 aromatic heterocycles. The van der Waals surface area contributed by atoms with Crippen molar-refractivity contribution < 1.29 is 9.53 Å². The van der Waals surface area contributed by atoms with Crippen LogP contribution in [-0.2, 0) is 4.79 Å². The number of ether oxygens (including phenoxy) is 1. The molecule has 2 aromatic carbocycles. The lowest BCUT2D eigenvalue weighted by Gasteiger charge is -2.26. The van der Waals surface area contributed by atoms with E-state index in [1.807, 2.05) is 59.5 Å². The molecular formula is C19H22BrClN2O2. The zero-order chi connectivity index (χ0) is 16.8. The van der Waals surface area contributed by atoms with Crippen molar-refractivity contribution >= 4 is 34.2 Å². The zero-order valence-corrected chi connectivity index (χ0v) is 16.3. The third-order valence-electron chi connectivity index (χ3n) is 4.03. The number of benzene rings is 2. The number of rotatable bonds is 4. The SMILES string of the molecule is Cl.O=C(C(Oc1cccc(Br)c1)c1ccccc1)N1CCCNCC1. The van der Waals surface area contributed by atoms with Crippen molar-refractivity contribution in [3.63, 3.8) is 0 Å². The van der Waals surface area contributed by atoms with Crippen LogP contribution in [0.15, 0.2) is 59.1 Å². The lowest BCUT2D eigenvalue weighted by atomic mass is 10.1. The van der Waals surface area contributed by atoms with Gasteiger partial charge in [-0.2, -0.15) is 0 Å². The van der Waals surface area contributed by atoms with E-state index in [-0.39, 0.29) is 18.3 Å². The van der Waals surface area contributed by atoms with Gasteiger partial charge in [-0.15, -0.1) is 12.4 Å². The van der Waals surface area contributed by atoms with Gasteiger partial charge in [-0.1, -0.05) is 52.3 Å². The fourth-order valence-corrected chi connectivity index (χ4v) is 3.18. The van der Waals surface area contributed by atoms with Crippen LogP contribution in [0.25, 0.3) is 0 Å². The van der Waals surface area contributed by atoms with Crippen LogP contribution in [0.5, 0.6) is 5.75 Å². The van der Waals surface area contributed by atoms with Crippen molar-refractivity contribution in [2.45, 2.75) is 12.5 Å². The molecule has 1 heterocycles. The van der Waals surface area contributed by atoms with Crippen LogP contribution in [0.4, 0.5) is 0 Å². The van der Waals surface area contributed by atoms with Crippen molar-refractivity contribution in [3.05, 3.63) is 64.6 Å². The van der Waals surface area contributed by atoms with E-state index in [0.717, 1.165) is 36.1 Å². The van der Waals surface area contributed by atoms with Crippen molar-refractivity contribution in [2.24, 2.45) is 0 Å². The molecule has 0 spiro atoms. The molecule has 1 unspecified atom stereocenters. The van der Waals surface area contributed by atoms with Crippen molar-refractivity contribution in [3.8, 4) is 5.75 Å². The van der Waals surface area contributed by atoms with Gasteiger partial charge in [-0.25, -0.2) is 0 Å². The molecule has 3 rings (SSSR count). The van der Waals surface area contributed by atoms with Crippen LogP contribution in [0.2, 0.25) is 0 Å². The lowest BCUT2D eigenvalue weighted by Crippen LogP contribution is -2.39. The molecule has 1 fully saturated rings. The summed E-state index contributed by atoms with van der Waals surface area (Å²) >= 11 is 3.45. The number of amides is 1. The number of hydrogen-bond donors (Lipinski definition) is 1. The standard InChI is InChI=1S/C19H21BrN2O2.ClH/c20-16-8-4-9-17(14-16)24-18(15-6-2-1-3-7-15)19(23)22-12-5-10-21-11-13-22;/h1-4,6-9,14,18,21H,5,10-13H2;1H. The summed E-state index contributed by atoms with van der Waals surface area (Å²) in [5.74, 6) is 0.699. The maximum absolute atomic E-state index is 13.1. The molecule has 1 aliphatic heterocycles. The molecule has 1 aliphatic rings. The van der Waals surface area contributed by atoms with E-state index in [1.54, 1.807) is 0 Å². The maximum atomic E-state index is 13.1. The van der Waals surface area contributed by atoms with E-state index < -0.39 is 6.10 Å². The summed E-state index contributed by atoms with van der Waals surface area (Å²) in [5, 5.41) is 3.33. The van der Waals surface area contributed by atoms with E-state index in [0.29, 0.717) is 12.3 Å². The number of carbonyl (C=O) groups excluding carboxylic acids is 1. The highest BCUT2D eigenvalue weighted by Crippen LogP contribution is 2.26. The Kier molecular flexibility index (Phi) is 7.75. The second kappa shape index (κ2) is 9.80. The van der Waals surface area contributed by atoms with E-state index in [9.17, 15) is 4.79 Å². The second-order valence-electron chi connectivity index (χ2n) is 5.79. The normalized spacial score (nSPS) is 15.6. The average molecular weight is 426 g/mol. The van der Waals surface area contributed by atoms with Crippen LogP contribution in [0.3, 0.4) is 0 Å². The Morgan fingerprint density at radius 2 is 1.88 bits per heavy atom. The quantitative estimate of drug-likeness (QED) is 0.810. The van der Waals surface area contributed by atoms with Gasteiger partial charge in [0.25, 0.3) is 5.91 Å². The molecular weight excluding hydrogens is 404 g/mol. The molecule has 0 saturated carbocycles. The third-order valence-corrected chi connectivity index (χ3v) is 4.52. The van der Waals surface area contributed by atoms with Crippen LogP contribution in [-0.4, -0.2) is 37.0 Å². The Morgan fingerprint density at radius 1 is 1.08 bits per heavy atom. The summed E-state index contributed by atoms with van der Waals surface area (Å²) < 4.78 is 7.02. The first kappa shape index (κ1) is 19.8. The fraction of sp³-hybridized carbons (Fsp3) is 0.316. The second-order valence-corrected chi connectivity index (χ2v) is 6.71. The third kappa shape index (κ3) is 5.46. The first-order valence-corrected chi connectivity index (χ1v) is 9.00. The number of halogens is 2. The van der Waals surface area contributed by atoms with E-state index in [1.165, 1.54) is 0 Å². The van der Waals surface area contributed by atoms with E-state index >= 15 is 0 Å². The number of nitrogens with one attached hydrogen (secondary N) is 1. The summed E-state index contributed by atoms with van der Waals surface area (Å²) in [6, 6.07) is 17.3. The van der Waals surface area contributed by atoms with Gasteiger partial charge >= 0.3 is 0 Å². The molecule has 134 valence electrons. The number of nitrogens with zero attached hydrogens (tertiary/aromatic N) is 1. The van der Waals surface area contributed by atoms with Crippen molar-refractivity contribution in [1.29, 1.82) is 0 Å². The first-order valence-electron chi connectivity index (χ1n) is 8.21. The minimum absolute atomic E-state index is 0. The summed E-state index contributed by atoms with van der Waals surface area (Å²) in [6.07, 6.45) is 0.336. The fourth-order valence-electron chi connectivity index (χ4n) is 2.80. The van der Waals surface area contributed by atoms with Gasteiger partial charge in [0, 0.05) is 29.7 Å². The summed E-state index contributed by atoms with van der Waals surface area (Å²) in [7, 11) is 0. The Morgan fingerprint density at radius 3 is 2.64 bits per heavy atom. The monoisotopic (exact) mass is 424 g/mol. The molecule has 25 heavy (non-hydrogen) atoms. The molecule has 4 nitrogen and oxygen atoms in total. The Bertz CT molecular complexity index is 676. The van der Waals surface area contributed by atoms with Gasteiger partial charge in [-0.05, 0) is 31.2 Å². The van der Waals surface area contributed by atoms with Crippen LogP contribution < -0.4 is 10.1 Å². The van der Waals surface area contributed by atoms with E-state index in [4.69, 9.17) is 4.74 Å². The van der Waals surface area contributed by atoms with Crippen LogP contribution in [0, 0.1) is 0 Å². The van der Waals surface area contributed by atoms with Crippen molar-refractivity contribution in [1.82, 2.24) is 10.2 Å². The minimum Gasteiger partial charge on any atom is -0.476 e. The highest BCUT2D eigenvalue weighted by molar-refractivity contribution is 9.10. The van der Waals surface area contributed by atoms with Gasteiger partial charge < -0.3 is 15.0 Å².